The Morgan fingerprint density at radius 3 is 1.86 bits per heavy atom. The number of halogens is 3. The predicted octanol–water partition coefficient (Wildman–Crippen LogP) is 4.29. The van der Waals surface area contributed by atoms with Crippen molar-refractivity contribution >= 4 is 53.8 Å². The van der Waals surface area contributed by atoms with Crippen LogP contribution in [-0.4, -0.2) is 11.1 Å². The Labute approximate surface area is 107 Å². The maximum Gasteiger partial charge on any atom is 0.338 e. The second-order valence-corrected chi connectivity index (χ2v) is 5.25. The molecule has 14 heavy (non-hydrogen) atoms. The van der Waals surface area contributed by atoms with E-state index in [4.69, 9.17) is 5.11 Å². The van der Waals surface area contributed by atoms with Crippen molar-refractivity contribution in [2.75, 3.05) is 0 Å². The van der Waals surface area contributed by atoms with Crippen LogP contribution in [0.2, 0.25) is 0 Å². The van der Waals surface area contributed by atoms with E-state index in [1.54, 1.807) is 0 Å². The first-order chi connectivity index (χ1) is 6.37. The average molecular weight is 387 g/mol. The van der Waals surface area contributed by atoms with Crippen molar-refractivity contribution in [1.29, 1.82) is 0 Å². The monoisotopic (exact) mass is 384 g/mol. The van der Waals surface area contributed by atoms with Gasteiger partial charge in [0.1, 0.15) is 0 Å². The van der Waals surface area contributed by atoms with Crippen molar-refractivity contribution in [3.05, 3.63) is 30.1 Å². The molecule has 0 unspecified atom stereocenters. The summed E-state index contributed by atoms with van der Waals surface area (Å²) in [7, 11) is 0. The van der Waals surface area contributed by atoms with E-state index >= 15 is 0 Å². The zero-order valence-corrected chi connectivity index (χ0v) is 12.2. The van der Waals surface area contributed by atoms with E-state index in [1.165, 1.54) is 0 Å². The van der Waals surface area contributed by atoms with E-state index in [-0.39, 0.29) is 5.56 Å². The van der Waals surface area contributed by atoms with Crippen LogP contribution in [0.15, 0.2) is 13.4 Å². The molecule has 0 atom stereocenters. The topological polar surface area (TPSA) is 37.3 Å². The lowest BCUT2D eigenvalue weighted by molar-refractivity contribution is 0.0694. The van der Waals surface area contributed by atoms with Gasteiger partial charge in [-0.15, -0.1) is 0 Å². The van der Waals surface area contributed by atoms with Gasteiger partial charge in [0.15, 0.2) is 0 Å². The lowest BCUT2D eigenvalue weighted by Gasteiger charge is -2.12. The Morgan fingerprint density at radius 1 is 1.00 bits per heavy atom. The van der Waals surface area contributed by atoms with Crippen molar-refractivity contribution < 1.29 is 9.90 Å². The molecule has 1 rings (SSSR count). The third-order valence-corrected chi connectivity index (χ3v) is 5.37. The summed E-state index contributed by atoms with van der Waals surface area (Å²) in [6, 6.07) is 0. The summed E-state index contributed by atoms with van der Waals surface area (Å²) in [4.78, 5) is 11.0. The standard InChI is InChI=1S/C9H7Br3O2/c1-3-4(2)7(11)8(12)5(6(3)10)9(13)14/h1-2H3,(H,13,14). The number of hydrogen-bond donors (Lipinski definition) is 1. The molecular weight excluding hydrogens is 380 g/mol. The summed E-state index contributed by atoms with van der Waals surface area (Å²) >= 11 is 9.90. The SMILES string of the molecule is Cc1c(C)c(Br)c(C(=O)O)c(Br)c1Br. The van der Waals surface area contributed by atoms with Gasteiger partial charge in [-0.1, -0.05) is 0 Å². The average Bonchev–Trinajstić information content (AvgIpc) is 2.11. The van der Waals surface area contributed by atoms with Crippen LogP contribution in [0.1, 0.15) is 21.5 Å². The summed E-state index contributed by atoms with van der Waals surface area (Å²) in [6.45, 7) is 3.81. The first-order valence-corrected chi connectivity index (χ1v) is 6.12. The number of carboxylic acid groups (broad SMARTS) is 1. The molecule has 0 radical (unpaired) electrons. The molecule has 1 aromatic rings. The molecule has 0 aliphatic heterocycles. The lowest BCUT2D eigenvalue weighted by Crippen LogP contribution is -2.03. The minimum Gasteiger partial charge on any atom is -0.478 e. The van der Waals surface area contributed by atoms with Crippen molar-refractivity contribution in [1.82, 2.24) is 0 Å². The van der Waals surface area contributed by atoms with Gasteiger partial charge in [-0.05, 0) is 72.8 Å². The van der Waals surface area contributed by atoms with Crippen LogP contribution in [-0.2, 0) is 0 Å². The zero-order chi connectivity index (χ0) is 11.0. The minimum atomic E-state index is -0.951. The Balaban J connectivity index is 3.68. The largest absolute Gasteiger partial charge is 0.478 e. The molecule has 0 heterocycles. The maximum absolute atomic E-state index is 11.0. The van der Waals surface area contributed by atoms with Gasteiger partial charge in [-0.3, -0.25) is 0 Å². The number of rotatable bonds is 1. The summed E-state index contributed by atoms with van der Waals surface area (Å²) in [5.41, 5.74) is 2.20. The summed E-state index contributed by atoms with van der Waals surface area (Å²) in [5, 5.41) is 9.01. The van der Waals surface area contributed by atoms with Crippen molar-refractivity contribution in [2.24, 2.45) is 0 Å². The molecule has 1 aromatic carbocycles. The van der Waals surface area contributed by atoms with E-state index in [0.29, 0.717) is 8.95 Å². The Hall–Kier alpha value is 0.130. The molecule has 0 spiro atoms. The molecule has 0 aromatic heterocycles. The zero-order valence-electron chi connectivity index (χ0n) is 7.49. The quantitative estimate of drug-likeness (QED) is 0.731. The molecule has 0 saturated heterocycles. The van der Waals surface area contributed by atoms with Crippen molar-refractivity contribution in [2.45, 2.75) is 13.8 Å². The minimum absolute atomic E-state index is 0.250. The highest BCUT2D eigenvalue weighted by atomic mass is 79.9. The summed E-state index contributed by atoms with van der Waals surface area (Å²) in [5.74, 6) is -0.951. The van der Waals surface area contributed by atoms with E-state index in [1.807, 2.05) is 13.8 Å². The highest BCUT2D eigenvalue weighted by molar-refractivity contribution is 9.13. The van der Waals surface area contributed by atoms with Gasteiger partial charge in [-0.25, -0.2) is 4.79 Å². The molecule has 5 heteroatoms. The summed E-state index contributed by atoms with van der Waals surface area (Å²) < 4.78 is 1.98. The van der Waals surface area contributed by atoms with Crippen LogP contribution in [0.5, 0.6) is 0 Å². The fourth-order valence-electron chi connectivity index (χ4n) is 1.08. The van der Waals surface area contributed by atoms with Gasteiger partial charge >= 0.3 is 5.97 Å². The Bertz CT molecular complexity index is 384. The van der Waals surface area contributed by atoms with E-state index in [2.05, 4.69) is 47.8 Å². The van der Waals surface area contributed by atoms with Gasteiger partial charge < -0.3 is 5.11 Å². The van der Waals surface area contributed by atoms with Crippen LogP contribution in [0.4, 0.5) is 0 Å². The molecule has 76 valence electrons. The van der Waals surface area contributed by atoms with Gasteiger partial charge in [0.25, 0.3) is 0 Å². The van der Waals surface area contributed by atoms with Gasteiger partial charge in [0, 0.05) is 13.4 Å². The fraction of sp³-hybridized carbons (Fsp3) is 0.222. The van der Waals surface area contributed by atoms with Crippen LogP contribution in [0.25, 0.3) is 0 Å². The molecule has 0 bridgehead atoms. The molecule has 0 aliphatic rings. The predicted molar refractivity (Wildman–Crippen MR) is 66.0 cm³/mol. The second kappa shape index (κ2) is 4.33. The molecule has 0 aliphatic carbocycles. The normalized spacial score (nSPS) is 10.4. The number of benzene rings is 1. The van der Waals surface area contributed by atoms with Crippen LogP contribution < -0.4 is 0 Å². The smallest absolute Gasteiger partial charge is 0.338 e. The number of carboxylic acids is 1. The maximum atomic E-state index is 11.0. The Morgan fingerprint density at radius 2 is 1.43 bits per heavy atom. The van der Waals surface area contributed by atoms with Gasteiger partial charge in [-0.2, -0.15) is 0 Å². The van der Waals surface area contributed by atoms with Crippen molar-refractivity contribution in [3.8, 4) is 0 Å². The molecule has 2 nitrogen and oxygen atoms in total. The number of aromatic carboxylic acids is 1. The molecule has 0 amide bonds. The highest BCUT2D eigenvalue weighted by Gasteiger charge is 2.19. The van der Waals surface area contributed by atoms with E-state index in [0.717, 1.165) is 15.6 Å². The van der Waals surface area contributed by atoms with Crippen LogP contribution in [0.3, 0.4) is 0 Å². The summed E-state index contributed by atoms with van der Waals surface area (Å²) in [6.07, 6.45) is 0. The second-order valence-electron chi connectivity index (χ2n) is 2.87. The van der Waals surface area contributed by atoms with Crippen LogP contribution in [0, 0.1) is 13.8 Å². The van der Waals surface area contributed by atoms with Crippen molar-refractivity contribution in [3.63, 3.8) is 0 Å². The highest BCUT2D eigenvalue weighted by Crippen LogP contribution is 2.38. The number of hydrogen-bond acceptors (Lipinski definition) is 1. The molecule has 0 fully saturated rings. The first kappa shape index (κ1) is 12.2. The van der Waals surface area contributed by atoms with Gasteiger partial charge in [0.2, 0.25) is 0 Å². The molecule has 0 saturated carbocycles. The fourth-order valence-corrected chi connectivity index (χ4v) is 3.17. The number of carbonyl (C=O) groups is 1. The Kier molecular flexibility index (Phi) is 3.77. The third kappa shape index (κ3) is 1.90. The van der Waals surface area contributed by atoms with E-state index in [9.17, 15) is 4.79 Å². The molecular formula is C9H7Br3O2. The lowest BCUT2D eigenvalue weighted by atomic mass is 10.1. The van der Waals surface area contributed by atoms with Gasteiger partial charge in [0.05, 0.1) is 5.56 Å². The molecule has 1 N–H and O–H groups in total. The van der Waals surface area contributed by atoms with E-state index < -0.39 is 5.97 Å². The van der Waals surface area contributed by atoms with Crippen LogP contribution >= 0.6 is 47.8 Å². The third-order valence-electron chi connectivity index (χ3n) is 2.07. The first-order valence-electron chi connectivity index (χ1n) is 3.74.